The molecular weight excluding hydrogens is 236 g/mol. The number of aryl methyl sites for hydroxylation is 1. The second-order valence-electron chi connectivity index (χ2n) is 4.14. The predicted octanol–water partition coefficient (Wildman–Crippen LogP) is 0.316. The molecule has 1 unspecified atom stereocenters. The zero-order valence-electron chi connectivity index (χ0n) is 10.00. The van der Waals surface area contributed by atoms with Crippen LogP contribution in [-0.4, -0.2) is 52.7 Å². The van der Waals surface area contributed by atoms with E-state index in [4.69, 9.17) is 9.84 Å². The van der Waals surface area contributed by atoms with Gasteiger partial charge >= 0.3 is 5.97 Å². The van der Waals surface area contributed by atoms with Crippen LogP contribution in [-0.2, 0) is 9.53 Å². The van der Waals surface area contributed by atoms with Gasteiger partial charge in [-0.3, -0.25) is 9.78 Å². The van der Waals surface area contributed by atoms with Gasteiger partial charge in [-0.05, 0) is 19.1 Å². The van der Waals surface area contributed by atoms with E-state index >= 15 is 0 Å². The first kappa shape index (κ1) is 12.5. The van der Waals surface area contributed by atoms with E-state index in [9.17, 15) is 9.59 Å². The molecule has 0 aromatic carbocycles. The molecule has 1 aromatic rings. The maximum Gasteiger partial charge on any atom is 0.334 e. The highest BCUT2D eigenvalue weighted by Gasteiger charge is 2.29. The van der Waals surface area contributed by atoms with Gasteiger partial charge in [-0.2, -0.15) is 0 Å². The number of hydrogen-bond donors (Lipinski definition) is 1. The van der Waals surface area contributed by atoms with Crippen molar-refractivity contribution in [1.82, 2.24) is 9.88 Å². The number of aliphatic carboxylic acids is 1. The van der Waals surface area contributed by atoms with Crippen molar-refractivity contribution in [3.8, 4) is 0 Å². The van der Waals surface area contributed by atoms with E-state index in [0.717, 1.165) is 5.69 Å². The molecule has 18 heavy (non-hydrogen) atoms. The van der Waals surface area contributed by atoms with Crippen molar-refractivity contribution in [3.05, 3.63) is 29.6 Å². The second-order valence-corrected chi connectivity index (χ2v) is 4.14. The van der Waals surface area contributed by atoms with Crippen LogP contribution in [0.1, 0.15) is 16.1 Å². The lowest BCUT2D eigenvalue weighted by Crippen LogP contribution is -2.48. The van der Waals surface area contributed by atoms with Crippen molar-refractivity contribution in [2.24, 2.45) is 0 Å². The third-order valence-electron chi connectivity index (χ3n) is 2.79. The minimum atomic E-state index is -1.05. The van der Waals surface area contributed by atoms with E-state index in [-0.39, 0.29) is 19.1 Å². The molecule has 0 radical (unpaired) electrons. The van der Waals surface area contributed by atoms with Crippen molar-refractivity contribution in [1.29, 1.82) is 0 Å². The van der Waals surface area contributed by atoms with Gasteiger partial charge in [-0.1, -0.05) is 0 Å². The average Bonchev–Trinajstić information content (AvgIpc) is 2.39. The third-order valence-corrected chi connectivity index (χ3v) is 2.79. The molecule has 1 aromatic heterocycles. The first-order chi connectivity index (χ1) is 8.58. The topological polar surface area (TPSA) is 79.7 Å². The monoisotopic (exact) mass is 250 g/mol. The van der Waals surface area contributed by atoms with Crippen LogP contribution in [0.15, 0.2) is 18.3 Å². The molecule has 1 aliphatic rings. The van der Waals surface area contributed by atoms with Crippen molar-refractivity contribution >= 4 is 11.9 Å². The Morgan fingerprint density at radius 2 is 2.28 bits per heavy atom. The highest BCUT2D eigenvalue weighted by Crippen LogP contribution is 2.10. The molecule has 6 nitrogen and oxygen atoms in total. The number of rotatable bonds is 2. The molecule has 1 aliphatic heterocycles. The fourth-order valence-electron chi connectivity index (χ4n) is 1.76. The zero-order chi connectivity index (χ0) is 13.1. The van der Waals surface area contributed by atoms with Gasteiger partial charge in [0.1, 0.15) is 0 Å². The SMILES string of the molecule is Cc1ccc(C(=O)N2CCOC(C(=O)O)C2)cn1. The summed E-state index contributed by atoms with van der Waals surface area (Å²) in [5.74, 6) is -1.26. The summed E-state index contributed by atoms with van der Waals surface area (Å²) in [7, 11) is 0. The molecule has 0 spiro atoms. The minimum absolute atomic E-state index is 0.0715. The average molecular weight is 250 g/mol. The summed E-state index contributed by atoms with van der Waals surface area (Å²) in [6, 6.07) is 3.44. The van der Waals surface area contributed by atoms with E-state index in [1.807, 2.05) is 6.92 Å². The first-order valence-electron chi connectivity index (χ1n) is 5.64. The van der Waals surface area contributed by atoms with Gasteiger partial charge in [0.25, 0.3) is 5.91 Å². The summed E-state index contributed by atoms with van der Waals surface area (Å²) in [6.07, 6.45) is 0.559. The molecule has 2 rings (SSSR count). The summed E-state index contributed by atoms with van der Waals surface area (Å²) >= 11 is 0. The lowest BCUT2D eigenvalue weighted by Gasteiger charge is -2.30. The first-order valence-corrected chi connectivity index (χ1v) is 5.64. The highest BCUT2D eigenvalue weighted by atomic mass is 16.5. The van der Waals surface area contributed by atoms with Gasteiger partial charge in [-0.25, -0.2) is 4.79 Å². The van der Waals surface area contributed by atoms with E-state index in [2.05, 4.69) is 4.98 Å². The summed E-state index contributed by atoms with van der Waals surface area (Å²) in [5.41, 5.74) is 1.29. The number of pyridine rings is 1. The molecule has 2 heterocycles. The number of aromatic nitrogens is 1. The van der Waals surface area contributed by atoms with Gasteiger partial charge in [0.15, 0.2) is 6.10 Å². The standard InChI is InChI=1S/C12H14N2O4/c1-8-2-3-9(6-13-8)11(15)14-4-5-18-10(7-14)12(16)17/h2-3,6,10H,4-5,7H2,1H3,(H,16,17). The number of morpholine rings is 1. The molecule has 1 N–H and O–H groups in total. The number of ether oxygens (including phenoxy) is 1. The Balaban J connectivity index is 2.09. The van der Waals surface area contributed by atoms with Crippen LogP contribution in [0, 0.1) is 6.92 Å². The number of hydrogen-bond acceptors (Lipinski definition) is 4. The Labute approximate surface area is 104 Å². The molecule has 1 amide bonds. The second kappa shape index (κ2) is 5.14. The van der Waals surface area contributed by atoms with Crippen molar-refractivity contribution in [2.45, 2.75) is 13.0 Å². The summed E-state index contributed by atoms with van der Waals surface area (Å²) in [5, 5.41) is 8.87. The molecular formula is C12H14N2O4. The van der Waals surface area contributed by atoms with Crippen molar-refractivity contribution in [3.63, 3.8) is 0 Å². The maximum atomic E-state index is 12.1. The van der Waals surface area contributed by atoms with Crippen LogP contribution in [0.5, 0.6) is 0 Å². The Morgan fingerprint density at radius 3 is 2.89 bits per heavy atom. The zero-order valence-corrected chi connectivity index (χ0v) is 10.00. The van der Waals surface area contributed by atoms with Gasteiger partial charge in [0.05, 0.1) is 18.7 Å². The molecule has 1 fully saturated rings. The number of carboxylic acids is 1. The van der Waals surface area contributed by atoms with Gasteiger partial charge in [0.2, 0.25) is 0 Å². The molecule has 6 heteroatoms. The van der Waals surface area contributed by atoms with Crippen molar-refractivity contribution in [2.75, 3.05) is 19.7 Å². The van der Waals surface area contributed by atoms with E-state index in [1.54, 1.807) is 12.1 Å². The summed E-state index contributed by atoms with van der Waals surface area (Å²) in [4.78, 5) is 28.5. The molecule has 96 valence electrons. The van der Waals surface area contributed by atoms with Crippen LogP contribution in [0.2, 0.25) is 0 Å². The number of amides is 1. The van der Waals surface area contributed by atoms with Crippen LogP contribution in [0.25, 0.3) is 0 Å². The van der Waals surface area contributed by atoms with Crippen LogP contribution in [0.4, 0.5) is 0 Å². The van der Waals surface area contributed by atoms with Crippen molar-refractivity contribution < 1.29 is 19.4 Å². The maximum absolute atomic E-state index is 12.1. The quantitative estimate of drug-likeness (QED) is 0.817. The number of carboxylic acid groups (broad SMARTS) is 1. The Bertz CT molecular complexity index is 458. The highest BCUT2D eigenvalue weighted by molar-refractivity contribution is 5.94. The largest absolute Gasteiger partial charge is 0.479 e. The van der Waals surface area contributed by atoms with E-state index in [1.165, 1.54) is 11.1 Å². The van der Waals surface area contributed by atoms with Gasteiger partial charge < -0.3 is 14.7 Å². The molecule has 1 saturated heterocycles. The summed E-state index contributed by atoms with van der Waals surface area (Å²) in [6.45, 7) is 2.55. The predicted molar refractivity (Wildman–Crippen MR) is 62.3 cm³/mol. The lowest BCUT2D eigenvalue weighted by molar-refractivity contribution is -0.154. The minimum Gasteiger partial charge on any atom is -0.479 e. The smallest absolute Gasteiger partial charge is 0.334 e. The summed E-state index contributed by atoms with van der Waals surface area (Å²) < 4.78 is 5.07. The number of carbonyl (C=O) groups excluding carboxylic acids is 1. The van der Waals surface area contributed by atoms with E-state index < -0.39 is 12.1 Å². The normalized spacial score (nSPS) is 19.6. The van der Waals surface area contributed by atoms with Gasteiger partial charge in [-0.15, -0.1) is 0 Å². The van der Waals surface area contributed by atoms with Crippen LogP contribution >= 0.6 is 0 Å². The molecule has 0 saturated carbocycles. The van der Waals surface area contributed by atoms with E-state index in [0.29, 0.717) is 12.1 Å². The van der Waals surface area contributed by atoms with Gasteiger partial charge in [0, 0.05) is 18.4 Å². The molecule has 1 atom stereocenters. The molecule has 0 aliphatic carbocycles. The molecule has 0 bridgehead atoms. The lowest BCUT2D eigenvalue weighted by atomic mass is 10.2. The number of carbonyl (C=O) groups is 2. The Morgan fingerprint density at radius 1 is 1.50 bits per heavy atom. The van der Waals surface area contributed by atoms with Crippen LogP contribution in [0.3, 0.4) is 0 Å². The fourth-order valence-corrected chi connectivity index (χ4v) is 1.76. The Kier molecular flexibility index (Phi) is 3.57. The van der Waals surface area contributed by atoms with Crippen LogP contribution < -0.4 is 0 Å². The fraction of sp³-hybridized carbons (Fsp3) is 0.417. The third kappa shape index (κ3) is 2.65. The Hall–Kier alpha value is -1.95. The number of nitrogens with zero attached hydrogens (tertiary/aromatic N) is 2.